The van der Waals surface area contributed by atoms with Crippen molar-refractivity contribution >= 4 is 96.7 Å². The number of pyridine rings is 2. The smallest absolute Gasteiger partial charge is 0.409 e. The van der Waals surface area contributed by atoms with Gasteiger partial charge in [0.2, 0.25) is 11.8 Å². The molecule has 4 atom stereocenters. The van der Waals surface area contributed by atoms with Crippen LogP contribution < -0.4 is 27.4 Å². The molecule has 4 saturated carbocycles. The van der Waals surface area contributed by atoms with E-state index in [0.717, 1.165) is 69.6 Å². The highest BCUT2D eigenvalue weighted by Gasteiger charge is 2.66. The van der Waals surface area contributed by atoms with E-state index in [-0.39, 0.29) is 97.5 Å². The average molecular weight is 1350 g/mol. The summed E-state index contributed by atoms with van der Waals surface area (Å²) in [6, 6.07) is 19.5. The Bertz CT molecular complexity index is 4230. The number of benzene rings is 3. The third kappa shape index (κ3) is 15.3. The second-order valence-corrected chi connectivity index (χ2v) is 28.9. The minimum absolute atomic E-state index is 0.0134. The SMILES string of the molecule is Cc1c(-c2ccc(-c3ccc4cncc(C(=O)Nc5nc6ccccc6s5)c4c3)nc2C(=O)O)cnn1CC12CC3(C)CC(C)(C1)CC(OCCN(C)C(=O)OCc1ccc(NC(=O)N(C(=O)[C@@H](NC(=O)CCCCCN4C(=O)C=CC4=O)C(C)C)[C@@H](CCCN)C(N)=O)cc1)(C3)C2. The number of carbonyl (C=O) groups is 9. The largest absolute Gasteiger partial charge is 0.476 e. The second-order valence-electron chi connectivity index (χ2n) is 27.9. The maximum Gasteiger partial charge on any atom is 0.409 e. The average Bonchev–Trinajstić information content (AvgIpc) is 0.748. The molecule has 2 unspecified atom stereocenters. The molecule has 3 aromatic carbocycles. The monoisotopic (exact) mass is 1350 g/mol. The van der Waals surface area contributed by atoms with Crippen LogP contribution in [0, 0.1) is 29.1 Å². The number of imide groups is 2. The van der Waals surface area contributed by atoms with Crippen LogP contribution in [0.5, 0.6) is 0 Å². The number of carboxylic acids is 1. The van der Waals surface area contributed by atoms with E-state index < -0.39 is 59.4 Å². The fraction of sp³-hybridized carbons (Fsp3) is 0.431. The van der Waals surface area contributed by atoms with Crippen molar-refractivity contribution in [3.05, 3.63) is 132 Å². The van der Waals surface area contributed by atoms with E-state index in [0.29, 0.717) is 69.8 Å². The summed E-state index contributed by atoms with van der Waals surface area (Å²) >= 11 is 1.37. The molecule has 1 aliphatic heterocycles. The number of carboxylic acid groups (broad SMARTS) is 1. The Labute approximate surface area is 571 Å². The van der Waals surface area contributed by atoms with E-state index >= 15 is 0 Å². The van der Waals surface area contributed by atoms with Gasteiger partial charge in [0.05, 0.1) is 39.9 Å². The van der Waals surface area contributed by atoms with Gasteiger partial charge in [-0.2, -0.15) is 5.10 Å². The van der Waals surface area contributed by atoms with Crippen LogP contribution in [0.3, 0.4) is 0 Å². The van der Waals surface area contributed by atoms with Crippen LogP contribution in [0.15, 0.2) is 110 Å². The number of rotatable bonds is 28. The van der Waals surface area contributed by atoms with Crippen molar-refractivity contribution < 1.29 is 57.7 Å². The number of carbonyl (C=O) groups excluding carboxylic acids is 8. The first-order valence-electron chi connectivity index (χ1n) is 33.2. The maximum absolute atomic E-state index is 14.3. The van der Waals surface area contributed by atoms with Crippen LogP contribution in [0.2, 0.25) is 0 Å². The molecular weight excluding hydrogens is 1270 g/mol. The number of anilines is 2. The summed E-state index contributed by atoms with van der Waals surface area (Å²) in [5.74, 6) is -5.10. The lowest BCUT2D eigenvalue weighted by Crippen LogP contribution is -2.64. The third-order valence-electron chi connectivity index (χ3n) is 19.4. The molecule has 9 amide bonds. The van der Waals surface area contributed by atoms with Gasteiger partial charge in [0, 0.05) is 91.1 Å². The molecule has 25 nitrogen and oxygen atoms in total. The standard InChI is InChI=1S/C72H83N13O12S/c1-43(2)60(80-57(86)16-8-7-11-28-83-58(87)25-26-59(83)88)64(91)85(55(62(74)89)14-12-27-73)67(94)77-48-21-17-45(18-22-48)35-96-68(95)82(6)29-30-97-72-39-69(4)36-70(5,40-72)38-71(37-69,41-72)42-84-44(3)51(34-76-84)49-23-24-53(78-61(49)65(92)93)46-19-20-47-32-75-33-52(50(47)31-46)63(90)81-66-79-54-13-9-10-15-56(54)98-66/h9-10,13,15,17-26,31-34,43,55,60H,7-8,11-12,14,16,27-30,35-42,73H2,1-6H3,(H2,74,89)(H,77,94)(H,80,86)(H,92,93)(H,79,81,90)/t55-,60-,69?,70?,71?,72?/m0/s1. The van der Waals surface area contributed by atoms with Crippen LogP contribution >= 0.6 is 11.3 Å². The molecule has 4 bridgehead atoms. The second kappa shape index (κ2) is 28.7. The molecule has 5 heterocycles. The normalized spacial score (nSPS) is 20.6. The van der Waals surface area contributed by atoms with E-state index in [2.05, 4.69) is 39.8 Å². The number of urea groups is 1. The number of hydrogen-bond acceptors (Lipinski definition) is 17. The van der Waals surface area contributed by atoms with Crippen LogP contribution in [0.25, 0.3) is 43.4 Å². The van der Waals surface area contributed by atoms with Crippen molar-refractivity contribution in [2.45, 2.75) is 143 Å². The molecule has 4 aliphatic carbocycles. The summed E-state index contributed by atoms with van der Waals surface area (Å²) in [6.07, 6.45) is 14.0. The number of hydrogen-bond donors (Lipinski definition) is 6. The Kier molecular flexibility index (Phi) is 20.4. The third-order valence-corrected chi connectivity index (χ3v) is 20.3. The number of primary amides is 1. The predicted octanol–water partition coefficient (Wildman–Crippen LogP) is 10.0. The number of ether oxygens (including phenoxy) is 2. The number of aromatic nitrogens is 5. The minimum Gasteiger partial charge on any atom is -0.476 e. The molecule has 4 aromatic heterocycles. The highest BCUT2D eigenvalue weighted by atomic mass is 32.1. The van der Waals surface area contributed by atoms with Gasteiger partial charge in [-0.05, 0) is 153 Å². The number of nitrogens with one attached hydrogen (secondary N) is 3. The Balaban J connectivity index is 0.691. The lowest BCUT2D eigenvalue weighted by atomic mass is 9.39. The zero-order valence-corrected chi connectivity index (χ0v) is 56.7. The number of likely N-dealkylation sites (N-methyl/N-ethyl adjacent to an activating group) is 1. The Morgan fingerprint density at radius 3 is 2.24 bits per heavy atom. The predicted molar refractivity (Wildman–Crippen MR) is 368 cm³/mol. The Hall–Kier alpha value is -9.79. The molecule has 4 fully saturated rings. The Morgan fingerprint density at radius 2 is 1.55 bits per heavy atom. The van der Waals surface area contributed by atoms with E-state index in [4.69, 9.17) is 31.0 Å². The van der Waals surface area contributed by atoms with Gasteiger partial charge in [0.25, 0.3) is 23.6 Å². The molecular formula is C72H83N13O12S. The zero-order valence-electron chi connectivity index (χ0n) is 55.9. The maximum atomic E-state index is 14.3. The van der Waals surface area contributed by atoms with E-state index in [9.17, 15) is 48.3 Å². The molecule has 8 N–H and O–H groups in total. The lowest BCUT2D eigenvalue weighted by Gasteiger charge is -2.69. The van der Waals surface area contributed by atoms with Crippen molar-refractivity contribution in [2.75, 3.05) is 43.9 Å². The van der Waals surface area contributed by atoms with Gasteiger partial charge in [-0.1, -0.05) is 81.9 Å². The van der Waals surface area contributed by atoms with E-state index in [1.165, 1.54) is 34.6 Å². The zero-order chi connectivity index (χ0) is 69.8. The molecule has 26 heteroatoms. The first kappa shape index (κ1) is 69.6. The number of nitrogens with two attached hydrogens (primary N) is 2. The number of unbranched alkanes of at least 4 members (excludes halogenated alkanes) is 2. The molecule has 98 heavy (non-hydrogen) atoms. The summed E-state index contributed by atoms with van der Waals surface area (Å²) in [5.41, 5.74) is 15.7. The van der Waals surface area contributed by atoms with Crippen molar-refractivity contribution in [2.24, 2.45) is 33.6 Å². The summed E-state index contributed by atoms with van der Waals surface area (Å²) in [5, 5.41) is 25.8. The number of para-hydroxylation sites is 1. The van der Waals surface area contributed by atoms with Crippen molar-refractivity contribution in [3.8, 4) is 22.4 Å². The molecule has 12 rings (SSSR count). The quantitative estimate of drug-likeness (QED) is 0.0196. The number of nitrogens with zero attached hydrogens (tertiary/aromatic N) is 8. The van der Waals surface area contributed by atoms with Gasteiger partial charge in [-0.3, -0.25) is 48.6 Å². The van der Waals surface area contributed by atoms with Crippen molar-refractivity contribution in [1.82, 2.24) is 44.7 Å². The van der Waals surface area contributed by atoms with Crippen LogP contribution in [-0.4, -0.2) is 149 Å². The fourth-order valence-corrected chi connectivity index (χ4v) is 16.8. The van der Waals surface area contributed by atoms with Crippen molar-refractivity contribution in [1.29, 1.82) is 0 Å². The summed E-state index contributed by atoms with van der Waals surface area (Å²) < 4.78 is 15.7. The van der Waals surface area contributed by atoms with E-state index in [1.807, 2.05) is 54.1 Å². The first-order chi connectivity index (χ1) is 46.8. The molecule has 0 radical (unpaired) electrons. The lowest BCUT2D eigenvalue weighted by molar-refractivity contribution is -0.248. The summed E-state index contributed by atoms with van der Waals surface area (Å²) in [7, 11) is 1.65. The summed E-state index contributed by atoms with van der Waals surface area (Å²) in [6.45, 7) is 11.4. The molecule has 0 spiro atoms. The van der Waals surface area contributed by atoms with Crippen LogP contribution in [-0.2, 0) is 46.6 Å². The minimum atomic E-state index is -1.39. The highest BCUT2D eigenvalue weighted by Crippen LogP contribution is 2.72. The van der Waals surface area contributed by atoms with Crippen molar-refractivity contribution in [3.63, 3.8) is 0 Å². The number of fused-ring (bicyclic) bond motifs is 2. The van der Waals surface area contributed by atoms with Gasteiger partial charge in [-0.15, -0.1) is 0 Å². The number of thiazole rings is 1. The summed E-state index contributed by atoms with van der Waals surface area (Å²) in [4.78, 5) is 136. The van der Waals surface area contributed by atoms with Crippen LogP contribution in [0.1, 0.15) is 137 Å². The van der Waals surface area contributed by atoms with E-state index in [1.54, 1.807) is 69.7 Å². The molecule has 514 valence electrons. The van der Waals surface area contributed by atoms with Crippen LogP contribution in [0.4, 0.5) is 20.4 Å². The van der Waals surface area contributed by atoms with Gasteiger partial charge >= 0.3 is 18.1 Å². The van der Waals surface area contributed by atoms with Gasteiger partial charge in [-0.25, -0.2) is 29.3 Å². The number of amides is 9. The Morgan fingerprint density at radius 1 is 0.816 bits per heavy atom. The molecule has 5 aliphatic rings. The van der Waals surface area contributed by atoms with Gasteiger partial charge in [0.15, 0.2) is 10.8 Å². The van der Waals surface area contributed by atoms with Gasteiger partial charge < -0.3 is 41.6 Å². The first-order valence-corrected chi connectivity index (χ1v) is 34.0. The molecule has 0 saturated heterocycles. The van der Waals surface area contributed by atoms with Gasteiger partial charge in [0.1, 0.15) is 18.7 Å². The topological polar surface area (TPSA) is 347 Å². The molecule has 7 aromatic rings. The highest BCUT2D eigenvalue weighted by molar-refractivity contribution is 7.22. The number of aromatic carboxylic acids is 1. The fourth-order valence-electron chi connectivity index (χ4n) is 15.9.